The van der Waals surface area contributed by atoms with Crippen LogP contribution in [0, 0.1) is 0 Å². The molecule has 0 saturated heterocycles. The molecule has 0 atom stereocenters. The summed E-state index contributed by atoms with van der Waals surface area (Å²) in [7, 11) is 3.03. The number of carboxylic acid groups (broad SMARTS) is 1. The number of hydrogen-bond donors (Lipinski definition) is 2. The van der Waals surface area contributed by atoms with Gasteiger partial charge in [0.1, 0.15) is 6.54 Å². The minimum absolute atomic E-state index is 0.309. The van der Waals surface area contributed by atoms with Crippen molar-refractivity contribution in [3.05, 3.63) is 0 Å². The van der Waals surface area contributed by atoms with Crippen LogP contribution in [-0.4, -0.2) is 69.1 Å². The standard InChI is InChI=1S/C10H20N2O5/c1-12(8-9(13)14)10(15)11-4-3-5-17-7-6-16-2/h3-8H2,1-2H3,(H,11,15)(H,13,14). The summed E-state index contributed by atoms with van der Waals surface area (Å²) in [6, 6.07) is -0.399. The molecular weight excluding hydrogens is 228 g/mol. The largest absolute Gasteiger partial charge is 0.480 e. The van der Waals surface area contributed by atoms with Crippen molar-refractivity contribution in [2.75, 3.05) is 47.1 Å². The molecule has 0 fully saturated rings. The molecule has 0 spiro atoms. The van der Waals surface area contributed by atoms with Crippen molar-refractivity contribution in [3.8, 4) is 0 Å². The fraction of sp³-hybridized carbons (Fsp3) is 0.800. The number of likely N-dealkylation sites (N-methyl/N-ethyl adjacent to an activating group) is 1. The average Bonchev–Trinajstić information content (AvgIpc) is 2.26. The normalized spacial score (nSPS) is 10.0. The van der Waals surface area contributed by atoms with Crippen LogP contribution in [0.5, 0.6) is 0 Å². The second-order valence-electron chi connectivity index (χ2n) is 3.44. The highest BCUT2D eigenvalue weighted by Crippen LogP contribution is 1.86. The average molecular weight is 248 g/mol. The van der Waals surface area contributed by atoms with E-state index in [9.17, 15) is 9.59 Å². The summed E-state index contributed by atoms with van der Waals surface area (Å²) in [5.74, 6) is -1.04. The van der Waals surface area contributed by atoms with E-state index in [4.69, 9.17) is 14.6 Å². The third-order valence-corrected chi connectivity index (χ3v) is 1.89. The Hall–Kier alpha value is -1.34. The molecule has 0 aliphatic rings. The minimum Gasteiger partial charge on any atom is -0.480 e. The lowest BCUT2D eigenvalue weighted by atomic mass is 10.4. The predicted molar refractivity (Wildman–Crippen MR) is 61.0 cm³/mol. The summed E-state index contributed by atoms with van der Waals surface area (Å²) in [5.41, 5.74) is 0. The van der Waals surface area contributed by atoms with Gasteiger partial charge in [0, 0.05) is 27.3 Å². The topological polar surface area (TPSA) is 88.1 Å². The summed E-state index contributed by atoms with van der Waals surface area (Å²) in [4.78, 5) is 22.7. The van der Waals surface area contributed by atoms with Gasteiger partial charge in [-0.1, -0.05) is 0 Å². The first-order valence-corrected chi connectivity index (χ1v) is 5.35. The van der Waals surface area contributed by atoms with Crippen molar-refractivity contribution < 1.29 is 24.2 Å². The third-order valence-electron chi connectivity index (χ3n) is 1.89. The minimum atomic E-state index is -1.04. The molecular formula is C10H20N2O5. The smallest absolute Gasteiger partial charge is 0.323 e. The number of carboxylic acids is 1. The van der Waals surface area contributed by atoms with E-state index in [2.05, 4.69) is 5.32 Å². The van der Waals surface area contributed by atoms with Crippen molar-refractivity contribution in [1.29, 1.82) is 0 Å². The molecule has 0 radical (unpaired) electrons. The first-order chi connectivity index (χ1) is 8.07. The molecule has 0 rings (SSSR count). The molecule has 0 aliphatic heterocycles. The molecule has 0 aromatic rings. The maximum absolute atomic E-state index is 11.3. The van der Waals surface area contributed by atoms with Crippen LogP contribution < -0.4 is 5.32 Å². The lowest BCUT2D eigenvalue weighted by molar-refractivity contribution is -0.137. The van der Waals surface area contributed by atoms with E-state index in [0.717, 1.165) is 4.90 Å². The molecule has 0 heterocycles. The fourth-order valence-corrected chi connectivity index (χ4v) is 1.02. The van der Waals surface area contributed by atoms with Crippen LogP contribution >= 0.6 is 0 Å². The van der Waals surface area contributed by atoms with E-state index in [0.29, 0.717) is 32.8 Å². The maximum Gasteiger partial charge on any atom is 0.323 e. The molecule has 7 nitrogen and oxygen atoms in total. The Kier molecular flexibility index (Phi) is 9.08. The van der Waals surface area contributed by atoms with Crippen LogP contribution in [0.4, 0.5) is 4.79 Å². The molecule has 2 N–H and O–H groups in total. The van der Waals surface area contributed by atoms with Crippen LogP contribution in [0.1, 0.15) is 6.42 Å². The zero-order chi connectivity index (χ0) is 13.1. The molecule has 0 bridgehead atoms. The van der Waals surface area contributed by atoms with Gasteiger partial charge in [0.25, 0.3) is 0 Å². The van der Waals surface area contributed by atoms with E-state index < -0.39 is 12.0 Å². The first-order valence-electron chi connectivity index (χ1n) is 5.35. The van der Waals surface area contributed by atoms with E-state index in [1.807, 2.05) is 0 Å². The molecule has 17 heavy (non-hydrogen) atoms. The molecule has 0 aromatic carbocycles. The SMILES string of the molecule is COCCOCCCNC(=O)N(C)CC(=O)O. The van der Waals surface area contributed by atoms with E-state index in [-0.39, 0.29) is 6.54 Å². The van der Waals surface area contributed by atoms with Gasteiger partial charge in [0.2, 0.25) is 0 Å². The molecule has 0 aromatic heterocycles. The van der Waals surface area contributed by atoms with Gasteiger partial charge in [0.15, 0.2) is 0 Å². The van der Waals surface area contributed by atoms with Crippen molar-refractivity contribution in [2.24, 2.45) is 0 Å². The number of methoxy groups -OCH3 is 1. The Bertz CT molecular complexity index is 235. The Morgan fingerprint density at radius 2 is 2.00 bits per heavy atom. The van der Waals surface area contributed by atoms with Crippen LogP contribution in [0.25, 0.3) is 0 Å². The first kappa shape index (κ1) is 15.7. The molecule has 0 aliphatic carbocycles. The summed E-state index contributed by atoms with van der Waals surface area (Å²) >= 11 is 0. The number of aliphatic carboxylic acids is 1. The van der Waals surface area contributed by atoms with Gasteiger partial charge >= 0.3 is 12.0 Å². The van der Waals surface area contributed by atoms with Crippen LogP contribution in [-0.2, 0) is 14.3 Å². The molecule has 0 unspecified atom stereocenters. The van der Waals surface area contributed by atoms with Crippen molar-refractivity contribution in [2.45, 2.75) is 6.42 Å². The molecule has 100 valence electrons. The quantitative estimate of drug-likeness (QED) is 0.550. The Labute approximate surface area is 101 Å². The highest BCUT2D eigenvalue weighted by atomic mass is 16.5. The third kappa shape index (κ3) is 9.58. The summed E-state index contributed by atoms with van der Waals surface area (Å²) in [6.07, 6.45) is 0.677. The van der Waals surface area contributed by atoms with Crippen LogP contribution in [0.3, 0.4) is 0 Å². The lowest BCUT2D eigenvalue weighted by Gasteiger charge is -2.15. The van der Waals surface area contributed by atoms with Crippen molar-refractivity contribution in [3.63, 3.8) is 0 Å². The number of carbonyl (C=O) groups is 2. The zero-order valence-electron chi connectivity index (χ0n) is 10.3. The Balaban J connectivity index is 3.41. The number of nitrogens with one attached hydrogen (secondary N) is 1. The molecule has 7 heteroatoms. The van der Waals surface area contributed by atoms with Gasteiger partial charge in [-0.05, 0) is 6.42 Å². The fourth-order valence-electron chi connectivity index (χ4n) is 1.02. The maximum atomic E-state index is 11.3. The summed E-state index contributed by atoms with van der Waals surface area (Å²) < 4.78 is 9.99. The number of hydrogen-bond acceptors (Lipinski definition) is 4. The van der Waals surface area contributed by atoms with Gasteiger partial charge in [-0.15, -0.1) is 0 Å². The molecule has 2 amide bonds. The zero-order valence-corrected chi connectivity index (χ0v) is 10.3. The van der Waals surface area contributed by atoms with Gasteiger partial charge in [-0.3, -0.25) is 4.79 Å². The highest BCUT2D eigenvalue weighted by molar-refractivity contribution is 5.79. The second kappa shape index (κ2) is 9.86. The number of nitrogens with zero attached hydrogens (tertiary/aromatic N) is 1. The van der Waals surface area contributed by atoms with Crippen molar-refractivity contribution in [1.82, 2.24) is 10.2 Å². The number of ether oxygens (including phenoxy) is 2. The number of amides is 2. The predicted octanol–water partition coefficient (Wildman–Crippen LogP) is -0.234. The van der Waals surface area contributed by atoms with Gasteiger partial charge in [-0.2, -0.15) is 0 Å². The number of carbonyl (C=O) groups excluding carboxylic acids is 1. The van der Waals surface area contributed by atoms with Gasteiger partial charge in [-0.25, -0.2) is 4.79 Å². The summed E-state index contributed by atoms with van der Waals surface area (Å²) in [5, 5.41) is 11.1. The molecule has 0 saturated carbocycles. The van der Waals surface area contributed by atoms with Crippen LogP contribution in [0.2, 0.25) is 0 Å². The Morgan fingerprint density at radius 1 is 1.29 bits per heavy atom. The number of rotatable bonds is 9. The van der Waals surface area contributed by atoms with E-state index >= 15 is 0 Å². The van der Waals surface area contributed by atoms with Crippen molar-refractivity contribution >= 4 is 12.0 Å². The second-order valence-corrected chi connectivity index (χ2v) is 3.44. The van der Waals surface area contributed by atoms with Crippen LogP contribution in [0.15, 0.2) is 0 Å². The highest BCUT2D eigenvalue weighted by Gasteiger charge is 2.10. The Morgan fingerprint density at radius 3 is 2.59 bits per heavy atom. The summed E-state index contributed by atoms with van der Waals surface area (Å²) in [6.45, 7) is 1.76. The monoisotopic (exact) mass is 248 g/mol. The van der Waals surface area contributed by atoms with Gasteiger partial charge in [0.05, 0.1) is 13.2 Å². The number of urea groups is 1. The van der Waals surface area contributed by atoms with E-state index in [1.165, 1.54) is 7.05 Å². The van der Waals surface area contributed by atoms with E-state index in [1.54, 1.807) is 7.11 Å². The van der Waals surface area contributed by atoms with Gasteiger partial charge < -0.3 is 24.8 Å². The lowest BCUT2D eigenvalue weighted by Crippen LogP contribution is -2.40.